The van der Waals surface area contributed by atoms with Gasteiger partial charge in [0.2, 0.25) is 5.91 Å². The van der Waals surface area contributed by atoms with E-state index in [4.69, 9.17) is 9.47 Å². The summed E-state index contributed by atoms with van der Waals surface area (Å²) in [5, 5.41) is 0. The van der Waals surface area contributed by atoms with Gasteiger partial charge >= 0.3 is 6.09 Å². The van der Waals surface area contributed by atoms with E-state index in [1.165, 1.54) is 0 Å². The Bertz CT molecular complexity index is 490. The normalized spacial score (nSPS) is 30.0. The molecular weight excluding hydrogens is 339 g/mol. The highest BCUT2D eigenvalue weighted by atomic mass is 19.1. The lowest BCUT2D eigenvalue weighted by atomic mass is 9.79. The van der Waals surface area contributed by atoms with E-state index in [-0.39, 0.29) is 30.6 Å². The average molecular weight is 370 g/mol. The summed E-state index contributed by atoms with van der Waals surface area (Å²) in [6.07, 6.45) is 4.72. The molecule has 1 saturated carbocycles. The number of nitrogens with zero attached hydrogens (tertiary/aromatic N) is 2. The second-order valence-corrected chi connectivity index (χ2v) is 7.79. The van der Waals surface area contributed by atoms with Crippen LogP contribution in [-0.2, 0) is 14.3 Å². The van der Waals surface area contributed by atoms with E-state index in [1.54, 1.807) is 12.0 Å². The molecule has 7 heteroatoms. The number of alkyl halides is 1. The minimum atomic E-state index is -0.792. The monoisotopic (exact) mass is 370 g/mol. The molecule has 6 nitrogen and oxygen atoms in total. The molecule has 0 spiro atoms. The SMILES string of the molecule is COCCOC(=O)N1CCC(C2CCCCN2C(=O)C2CC(F)C2)CC1. The van der Waals surface area contributed by atoms with Crippen molar-refractivity contribution in [2.75, 3.05) is 40.0 Å². The maximum Gasteiger partial charge on any atom is 0.409 e. The number of piperidine rings is 2. The molecule has 0 N–H and O–H groups in total. The molecule has 0 radical (unpaired) electrons. The molecule has 2 heterocycles. The van der Waals surface area contributed by atoms with Crippen molar-refractivity contribution in [3.63, 3.8) is 0 Å². The number of likely N-dealkylation sites (tertiary alicyclic amines) is 2. The van der Waals surface area contributed by atoms with Crippen LogP contribution in [0, 0.1) is 11.8 Å². The van der Waals surface area contributed by atoms with Crippen LogP contribution in [0.2, 0.25) is 0 Å². The zero-order valence-corrected chi connectivity index (χ0v) is 15.7. The van der Waals surface area contributed by atoms with E-state index in [0.29, 0.717) is 38.5 Å². The van der Waals surface area contributed by atoms with Crippen LogP contribution in [0.4, 0.5) is 9.18 Å². The number of hydrogen-bond acceptors (Lipinski definition) is 4. The Morgan fingerprint density at radius 1 is 1.04 bits per heavy atom. The fourth-order valence-electron chi connectivity index (χ4n) is 4.48. The van der Waals surface area contributed by atoms with Gasteiger partial charge in [0, 0.05) is 38.7 Å². The van der Waals surface area contributed by atoms with Gasteiger partial charge in [0.05, 0.1) is 6.61 Å². The Kier molecular flexibility index (Phi) is 6.73. The summed E-state index contributed by atoms with van der Waals surface area (Å²) in [4.78, 5) is 28.6. The van der Waals surface area contributed by atoms with Crippen molar-refractivity contribution in [1.82, 2.24) is 9.80 Å². The summed E-state index contributed by atoms with van der Waals surface area (Å²) in [6, 6.07) is 0.251. The zero-order chi connectivity index (χ0) is 18.5. The lowest BCUT2D eigenvalue weighted by molar-refractivity contribution is -0.146. The van der Waals surface area contributed by atoms with Crippen molar-refractivity contribution in [3.05, 3.63) is 0 Å². The number of ether oxygens (including phenoxy) is 2. The molecule has 3 rings (SSSR count). The van der Waals surface area contributed by atoms with Crippen molar-refractivity contribution in [2.45, 2.75) is 57.2 Å². The molecular formula is C19H31FN2O4. The van der Waals surface area contributed by atoms with Gasteiger partial charge in [-0.25, -0.2) is 9.18 Å². The highest BCUT2D eigenvalue weighted by Gasteiger charge is 2.42. The number of carbonyl (C=O) groups is 2. The predicted molar refractivity (Wildman–Crippen MR) is 94.5 cm³/mol. The number of carbonyl (C=O) groups excluding carboxylic acids is 2. The van der Waals surface area contributed by atoms with Crippen LogP contribution < -0.4 is 0 Å². The summed E-state index contributed by atoms with van der Waals surface area (Å²) in [5.41, 5.74) is 0. The van der Waals surface area contributed by atoms with E-state index in [1.807, 2.05) is 4.90 Å². The molecule has 3 fully saturated rings. The fourth-order valence-corrected chi connectivity index (χ4v) is 4.48. The van der Waals surface area contributed by atoms with Crippen LogP contribution in [0.15, 0.2) is 0 Å². The highest BCUT2D eigenvalue weighted by Crippen LogP contribution is 2.36. The van der Waals surface area contributed by atoms with E-state index >= 15 is 0 Å². The molecule has 148 valence electrons. The fraction of sp³-hybridized carbons (Fsp3) is 0.895. The molecule has 1 atom stereocenters. The first kappa shape index (κ1) is 19.4. The van der Waals surface area contributed by atoms with E-state index in [2.05, 4.69) is 0 Å². The first-order chi connectivity index (χ1) is 12.6. The third-order valence-corrected chi connectivity index (χ3v) is 6.12. The number of amides is 2. The van der Waals surface area contributed by atoms with Crippen LogP contribution in [0.25, 0.3) is 0 Å². The van der Waals surface area contributed by atoms with Gasteiger partial charge in [-0.15, -0.1) is 0 Å². The Hall–Kier alpha value is -1.37. The number of hydrogen-bond donors (Lipinski definition) is 0. The number of halogens is 1. The van der Waals surface area contributed by atoms with Crippen molar-refractivity contribution in [1.29, 1.82) is 0 Å². The third-order valence-electron chi connectivity index (χ3n) is 6.12. The zero-order valence-electron chi connectivity index (χ0n) is 15.7. The largest absolute Gasteiger partial charge is 0.447 e. The van der Waals surface area contributed by atoms with Gasteiger partial charge in [0.25, 0.3) is 0 Å². The molecule has 2 amide bonds. The molecule has 3 aliphatic rings. The van der Waals surface area contributed by atoms with Gasteiger partial charge < -0.3 is 19.3 Å². The van der Waals surface area contributed by atoms with Crippen LogP contribution in [0.1, 0.15) is 44.9 Å². The second kappa shape index (κ2) is 9.02. The summed E-state index contributed by atoms with van der Waals surface area (Å²) >= 11 is 0. The standard InChI is InChI=1S/C19H31FN2O4/c1-25-10-11-26-19(24)21-8-5-14(6-9-21)17-4-2-3-7-22(17)18(23)15-12-16(20)13-15/h14-17H,2-13H2,1H3. The molecule has 0 aromatic heterocycles. The van der Waals surface area contributed by atoms with Gasteiger partial charge in [0.15, 0.2) is 0 Å². The van der Waals surface area contributed by atoms with Gasteiger partial charge in [-0.05, 0) is 50.9 Å². The van der Waals surface area contributed by atoms with Gasteiger partial charge in [-0.2, -0.15) is 0 Å². The van der Waals surface area contributed by atoms with Gasteiger partial charge in [0.1, 0.15) is 12.8 Å². The quantitative estimate of drug-likeness (QED) is 0.698. The van der Waals surface area contributed by atoms with Gasteiger partial charge in [-0.3, -0.25) is 4.79 Å². The molecule has 0 aromatic carbocycles. The molecule has 2 aliphatic heterocycles. The Morgan fingerprint density at radius 2 is 1.77 bits per heavy atom. The van der Waals surface area contributed by atoms with E-state index in [0.717, 1.165) is 38.6 Å². The first-order valence-electron chi connectivity index (χ1n) is 9.95. The Balaban J connectivity index is 1.50. The number of rotatable bonds is 5. The predicted octanol–water partition coefficient (Wildman–Crippen LogP) is 2.61. The summed E-state index contributed by atoms with van der Waals surface area (Å²) in [7, 11) is 1.58. The molecule has 26 heavy (non-hydrogen) atoms. The summed E-state index contributed by atoms with van der Waals surface area (Å²) in [5.74, 6) is 0.468. The summed E-state index contributed by atoms with van der Waals surface area (Å²) < 4.78 is 23.2. The van der Waals surface area contributed by atoms with Crippen molar-refractivity contribution in [3.8, 4) is 0 Å². The first-order valence-corrected chi connectivity index (χ1v) is 9.95. The van der Waals surface area contributed by atoms with E-state index < -0.39 is 6.17 Å². The van der Waals surface area contributed by atoms with Crippen LogP contribution in [0.3, 0.4) is 0 Å². The van der Waals surface area contributed by atoms with Crippen molar-refractivity contribution < 1.29 is 23.5 Å². The van der Waals surface area contributed by atoms with Gasteiger partial charge in [-0.1, -0.05) is 0 Å². The topological polar surface area (TPSA) is 59.1 Å². The Morgan fingerprint density at radius 3 is 2.42 bits per heavy atom. The molecule has 1 aliphatic carbocycles. The minimum absolute atomic E-state index is 0.110. The molecule has 1 unspecified atom stereocenters. The lowest BCUT2D eigenvalue weighted by Gasteiger charge is -2.45. The lowest BCUT2D eigenvalue weighted by Crippen LogP contribution is -2.54. The molecule has 2 saturated heterocycles. The minimum Gasteiger partial charge on any atom is -0.447 e. The number of methoxy groups -OCH3 is 1. The summed E-state index contributed by atoms with van der Waals surface area (Å²) in [6.45, 7) is 2.82. The van der Waals surface area contributed by atoms with Crippen LogP contribution in [-0.4, -0.2) is 74.0 Å². The molecule has 0 bridgehead atoms. The smallest absolute Gasteiger partial charge is 0.409 e. The maximum atomic E-state index is 13.1. The Labute approximate surface area is 155 Å². The van der Waals surface area contributed by atoms with Crippen molar-refractivity contribution >= 4 is 12.0 Å². The average Bonchev–Trinajstić information content (AvgIpc) is 2.65. The van der Waals surface area contributed by atoms with E-state index in [9.17, 15) is 14.0 Å². The molecule has 0 aromatic rings. The third kappa shape index (κ3) is 4.48. The highest BCUT2D eigenvalue weighted by molar-refractivity contribution is 5.80. The van der Waals surface area contributed by atoms with Crippen LogP contribution in [0.5, 0.6) is 0 Å². The van der Waals surface area contributed by atoms with Crippen LogP contribution >= 0.6 is 0 Å². The second-order valence-electron chi connectivity index (χ2n) is 7.79. The maximum absolute atomic E-state index is 13.1. The van der Waals surface area contributed by atoms with Crippen molar-refractivity contribution in [2.24, 2.45) is 11.8 Å².